The Hall–Kier alpha value is -2.86. The Balaban J connectivity index is 1.54. The quantitative estimate of drug-likeness (QED) is 0.674. The Morgan fingerprint density at radius 2 is 1.62 bits per heavy atom. The predicted molar refractivity (Wildman–Crippen MR) is 92.0 cm³/mol. The lowest BCUT2D eigenvalue weighted by molar-refractivity contribution is -0.137. The lowest BCUT2D eigenvalue weighted by atomic mass is 10.0. The van der Waals surface area contributed by atoms with Gasteiger partial charge in [0.25, 0.3) is 0 Å². The SMILES string of the molecule is O=C(Cc1cccc2ccccc12)NOCc1ccc(C(F)(F)F)cc1. The van der Waals surface area contributed by atoms with Gasteiger partial charge in [-0.25, -0.2) is 5.48 Å². The fraction of sp³-hybridized carbons (Fsp3) is 0.150. The highest BCUT2D eigenvalue weighted by molar-refractivity contribution is 5.89. The molecule has 3 aromatic carbocycles. The lowest BCUT2D eigenvalue weighted by Crippen LogP contribution is -2.25. The maximum absolute atomic E-state index is 12.5. The number of benzene rings is 3. The van der Waals surface area contributed by atoms with Gasteiger partial charge < -0.3 is 0 Å². The monoisotopic (exact) mass is 359 g/mol. The molecule has 134 valence electrons. The van der Waals surface area contributed by atoms with Crippen molar-refractivity contribution < 1.29 is 22.8 Å². The van der Waals surface area contributed by atoms with E-state index in [0.717, 1.165) is 28.5 Å². The second kappa shape index (κ2) is 7.58. The number of hydrogen-bond acceptors (Lipinski definition) is 2. The Morgan fingerprint density at radius 1 is 0.923 bits per heavy atom. The minimum Gasteiger partial charge on any atom is -0.272 e. The largest absolute Gasteiger partial charge is 0.416 e. The highest BCUT2D eigenvalue weighted by atomic mass is 19.4. The number of fused-ring (bicyclic) bond motifs is 1. The van der Waals surface area contributed by atoms with Gasteiger partial charge in [0.15, 0.2) is 0 Å². The molecule has 3 aromatic rings. The molecule has 0 radical (unpaired) electrons. The van der Waals surface area contributed by atoms with Crippen molar-refractivity contribution in [1.82, 2.24) is 5.48 Å². The van der Waals surface area contributed by atoms with Crippen LogP contribution in [-0.2, 0) is 28.8 Å². The van der Waals surface area contributed by atoms with Crippen LogP contribution in [0.15, 0.2) is 66.7 Å². The van der Waals surface area contributed by atoms with Crippen LogP contribution in [0.3, 0.4) is 0 Å². The van der Waals surface area contributed by atoms with Crippen LogP contribution in [0.4, 0.5) is 13.2 Å². The Morgan fingerprint density at radius 3 is 2.35 bits per heavy atom. The number of alkyl halides is 3. The minimum absolute atomic E-state index is 0.0145. The van der Waals surface area contributed by atoms with Crippen LogP contribution in [0.25, 0.3) is 10.8 Å². The predicted octanol–water partition coefficient (Wildman–Crippen LogP) is 4.65. The molecule has 0 bridgehead atoms. The number of halogens is 3. The molecule has 0 fully saturated rings. The van der Waals surface area contributed by atoms with Crippen LogP contribution in [0, 0.1) is 0 Å². The van der Waals surface area contributed by atoms with Crippen molar-refractivity contribution in [2.24, 2.45) is 0 Å². The maximum Gasteiger partial charge on any atom is 0.416 e. The number of hydroxylamine groups is 1. The van der Waals surface area contributed by atoms with Gasteiger partial charge in [0.05, 0.1) is 18.6 Å². The van der Waals surface area contributed by atoms with E-state index in [9.17, 15) is 18.0 Å². The van der Waals surface area contributed by atoms with E-state index in [2.05, 4.69) is 5.48 Å². The summed E-state index contributed by atoms with van der Waals surface area (Å²) in [5.74, 6) is -0.326. The molecule has 0 unspecified atom stereocenters. The van der Waals surface area contributed by atoms with E-state index < -0.39 is 11.7 Å². The van der Waals surface area contributed by atoms with Gasteiger partial charge in [-0.3, -0.25) is 9.63 Å². The molecule has 26 heavy (non-hydrogen) atoms. The zero-order valence-electron chi connectivity index (χ0n) is 13.7. The van der Waals surface area contributed by atoms with Crippen LogP contribution >= 0.6 is 0 Å². The minimum atomic E-state index is -4.37. The molecule has 1 N–H and O–H groups in total. The number of amides is 1. The molecule has 0 saturated heterocycles. The van der Waals surface area contributed by atoms with E-state index in [4.69, 9.17) is 4.84 Å². The number of carbonyl (C=O) groups excluding carboxylic acids is 1. The zero-order valence-corrected chi connectivity index (χ0v) is 13.7. The van der Waals surface area contributed by atoms with Crippen molar-refractivity contribution in [2.75, 3.05) is 0 Å². The van der Waals surface area contributed by atoms with E-state index in [0.29, 0.717) is 5.56 Å². The number of nitrogens with one attached hydrogen (secondary N) is 1. The first-order valence-electron chi connectivity index (χ1n) is 7.97. The number of hydrogen-bond donors (Lipinski definition) is 1. The number of rotatable bonds is 5. The molecule has 0 aliphatic carbocycles. The van der Waals surface area contributed by atoms with Crippen LogP contribution in [0.1, 0.15) is 16.7 Å². The van der Waals surface area contributed by atoms with Gasteiger partial charge >= 0.3 is 6.18 Å². The third-order valence-electron chi connectivity index (χ3n) is 3.94. The standard InChI is InChI=1S/C20H16F3NO2/c21-20(22,23)17-10-8-14(9-11-17)13-26-24-19(25)12-16-6-3-5-15-4-1-2-7-18(15)16/h1-11H,12-13H2,(H,24,25). The molecule has 0 spiro atoms. The first kappa shape index (κ1) is 17.9. The summed E-state index contributed by atoms with van der Waals surface area (Å²) in [4.78, 5) is 17.2. The molecule has 0 atom stereocenters. The molecule has 0 saturated carbocycles. The van der Waals surface area contributed by atoms with E-state index >= 15 is 0 Å². The molecule has 0 aliphatic heterocycles. The average Bonchev–Trinajstić information content (AvgIpc) is 2.62. The van der Waals surface area contributed by atoms with Gasteiger partial charge in [0.2, 0.25) is 5.91 Å². The first-order valence-corrected chi connectivity index (χ1v) is 7.97. The smallest absolute Gasteiger partial charge is 0.272 e. The summed E-state index contributed by atoms with van der Waals surface area (Å²) in [7, 11) is 0. The Bertz CT molecular complexity index is 900. The normalized spacial score (nSPS) is 11.5. The van der Waals surface area contributed by atoms with Gasteiger partial charge in [-0.05, 0) is 34.0 Å². The molecular formula is C20H16F3NO2. The summed E-state index contributed by atoms with van der Waals surface area (Å²) in [5, 5.41) is 2.04. The Labute approximate surface area is 148 Å². The van der Waals surface area contributed by atoms with Crippen molar-refractivity contribution in [3.05, 3.63) is 83.4 Å². The lowest BCUT2D eigenvalue weighted by Gasteiger charge is -2.09. The van der Waals surface area contributed by atoms with Crippen LogP contribution in [-0.4, -0.2) is 5.91 Å². The van der Waals surface area contributed by atoms with Gasteiger partial charge in [-0.15, -0.1) is 0 Å². The second-order valence-corrected chi connectivity index (χ2v) is 5.82. The molecule has 6 heteroatoms. The first-order chi connectivity index (χ1) is 12.4. The van der Waals surface area contributed by atoms with Crippen molar-refractivity contribution in [3.63, 3.8) is 0 Å². The third-order valence-corrected chi connectivity index (χ3v) is 3.94. The van der Waals surface area contributed by atoms with Crippen LogP contribution in [0.5, 0.6) is 0 Å². The molecule has 0 aromatic heterocycles. The summed E-state index contributed by atoms with van der Waals surface area (Å²) in [6.45, 7) is -0.0145. The fourth-order valence-electron chi connectivity index (χ4n) is 2.65. The van der Waals surface area contributed by atoms with E-state index in [1.807, 2.05) is 42.5 Å². The van der Waals surface area contributed by atoms with Crippen LogP contribution < -0.4 is 5.48 Å². The summed E-state index contributed by atoms with van der Waals surface area (Å²) in [5.41, 5.74) is 3.01. The summed E-state index contributed by atoms with van der Waals surface area (Å²) < 4.78 is 37.5. The van der Waals surface area contributed by atoms with Crippen molar-refractivity contribution in [2.45, 2.75) is 19.2 Å². The van der Waals surface area contributed by atoms with Gasteiger partial charge in [0, 0.05) is 0 Å². The highest BCUT2D eigenvalue weighted by Gasteiger charge is 2.29. The average molecular weight is 359 g/mol. The third kappa shape index (κ3) is 4.40. The van der Waals surface area contributed by atoms with E-state index in [-0.39, 0.29) is 18.9 Å². The van der Waals surface area contributed by atoms with Crippen molar-refractivity contribution in [1.29, 1.82) is 0 Å². The molecule has 0 heterocycles. The second-order valence-electron chi connectivity index (χ2n) is 5.82. The van der Waals surface area contributed by atoms with Crippen molar-refractivity contribution >= 4 is 16.7 Å². The van der Waals surface area contributed by atoms with Crippen LogP contribution in [0.2, 0.25) is 0 Å². The highest BCUT2D eigenvalue weighted by Crippen LogP contribution is 2.29. The summed E-state index contributed by atoms with van der Waals surface area (Å²) >= 11 is 0. The molecule has 3 rings (SSSR count). The topological polar surface area (TPSA) is 38.3 Å². The van der Waals surface area contributed by atoms with E-state index in [1.54, 1.807) is 0 Å². The summed E-state index contributed by atoms with van der Waals surface area (Å²) in [6.07, 6.45) is -4.22. The van der Waals surface area contributed by atoms with Gasteiger partial charge in [-0.1, -0.05) is 54.6 Å². The molecule has 3 nitrogen and oxygen atoms in total. The Kier molecular flexibility index (Phi) is 5.23. The van der Waals surface area contributed by atoms with Crippen molar-refractivity contribution in [3.8, 4) is 0 Å². The molecule has 0 aliphatic rings. The molecule has 1 amide bonds. The number of carbonyl (C=O) groups is 1. The summed E-state index contributed by atoms with van der Waals surface area (Å²) in [6, 6.07) is 18.1. The zero-order chi connectivity index (χ0) is 18.6. The maximum atomic E-state index is 12.5. The molecular weight excluding hydrogens is 343 g/mol. The van der Waals surface area contributed by atoms with Gasteiger partial charge in [0.1, 0.15) is 0 Å². The van der Waals surface area contributed by atoms with E-state index in [1.165, 1.54) is 12.1 Å². The fourth-order valence-corrected chi connectivity index (χ4v) is 2.65. The van der Waals surface area contributed by atoms with Gasteiger partial charge in [-0.2, -0.15) is 13.2 Å².